The SMILES string of the molecule is CNCc1cn2cc(C)ccc2n1.Cl.Cl. The highest BCUT2D eigenvalue weighted by Gasteiger charge is 1.99. The fraction of sp³-hybridized carbons (Fsp3) is 0.300. The normalized spacial score (nSPS) is 9.47. The second-order valence-electron chi connectivity index (χ2n) is 3.23. The highest BCUT2D eigenvalue weighted by atomic mass is 35.5. The molecule has 0 spiro atoms. The highest BCUT2D eigenvalue weighted by Crippen LogP contribution is 2.06. The van der Waals surface area contributed by atoms with Gasteiger partial charge in [0, 0.05) is 18.9 Å². The molecule has 2 aromatic rings. The van der Waals surface area contributed by atoms with Gasteiger partial charge in [0.05, 0.1) is 5.69 Å². The van der Waals surface area contributed by atoms with Crippen molar-refractivity contribution in [1.29, 1.82) is 0 Å². The van der Waals surface area contributed by atoms with E-state index in [4.69, 9.17) is 0 Å². The molecule has 0 amide bonds. The molecule has 3 nitrogen and oxygen atoms in total. The molecule has 2 rings (SSSR count). The molecule has 0 saturated heterocycles. The first-order chi connectivity index (χ1) is 6.29. The average Bonchev–Trinajstić information content (AvgIpc) is 2.46. The van der Waals surface area contributed by atoms with Gasteiger partial charge in [-0.15, -0.1) is 24.8 Å². The Labute approximate surface area is 102 Å². The van der Waals surface area contributed by atoms with Crippen LogP contribution in [0.2, 0.25) is 0 Å². The van der Waals surface area contributed by atoms with Crippen LogP contribution in [0.1, 0.15) is 11.3 Å². The third kappa shape index (κ3) is 3.09. The lowest BCUT2D eigenvalue weighted by atomic mass is 10.3. The number of nitrogens with zero attached hydrogens (tertiary/aromatic N) is 2. The first-order valence-electron chi connectivity index (χ1n) is 4.38. The van der Waals surface area contributed by atoms with Crippen molar-refractivity contribution in [2.45, 2.75) is 13.5 Å². The Balaban J connectivity index is 0.000000980. The van der Waals surface area contributed by atoms with Crippen LogP contribution in [0, 0.1) is 6.92 Å². The Morgan fingerprint density at radius 2 is 2.00 bits per heavy atom. The van der Waals surface area contributed by atoms with Gasteiger partial charge in [0.1, 0.15) is 5.65 Å². The quantitative estimate of drug-likeness (QED) is 0.882. The van der Waals surface area contributed by atoms with E-state index in [2.05, 4.69) is 40.1 Å². The number of aryl methyl sites for hydroxylation is 1. The van der Waals surface area contributed by atoms with Crippen molar-refractivity contribution in [3.8, 4) is 0 Å². The molecule has 1 N–H and O–H groups in total. The zero-order valence-electron chi connectivity index (χ0n) is 8.73. The van der Waals surface area contributed by atoms with E-state index in [1.807, 2.05) is 13.1 Å². The number of hydrogen-bond acceptors (Lipinski definition) is 2. The minimum absolute atomic E-state index is 0. The highest BCUT2D eigenvalue weighted by molar-refractivity contribution is 5.85. The van der Waals surface area contributed by atoms with Gasteiger partial charge in [0.25, 0.3) is 0 Å². The van der Waals surface area contributed by atoms with Crippen molar-refractivity contribution in [3.63, 3.8) is 0 Å². The maximum atomic E-state index is 4.44. The van der Waals surface area contributed by atoms with E-state index in [0.717, 1.165) is 17.9 Å². The van der Waals surface area contributed by atoms with Crippen molar-refractivity contribution in [1.82, 2.24) is 14.7 Å². The van der Waals surface area contributed by atoms with Crippen molar-refractivity contribution < 1.29 is 0 Å². The molecule has 2 aromatic heterocycles. The molecule has 0 saturated carbocycles. The molecule has 0 aliphatic carbocycles. The Morgan fingerprint density at radius 3 is 2.67 bits per heavy atom. The molecule has 0 aliphatic heterocycles. The lowest BCUT2D eigenvalue weighted by molar-refractivity contribution is 0.798. The molecule has 5 heteroatoms. The van der Waals surface area contributed by atoms with Crippen molar-refractivity contribution in [3.05, 3.63) is 35.8 Å². The molecule has 0 unspecified atom stereocenters. The number of nitrogens with one attached hydrogen (secondary N) is 1. The van der Waals surface area contributed by atoms with Crippen LogP contribution in [0.4, 0.5) is 0 Å². The first kappa shape index (κ1) is 14.2. The molecule has 0 bridgehead atoms. The van der Waals surface area contributed by atoms with Crippen molar-refractivity contribution in [2.75, 3.05) is 7.05 Å². The van der Waals surface area contributed by atoms with Gasteiger partial charge in [-0.05, 0) is 25.6 Å². The molecule has 15 heavy (non-hydrogen) atoms. The largest absolute Gasteiger partial charge is 0.314 e. The smallest absolute Gasteiger partial charge is 0.137 e. The number of pyridine rings is 1. The monoisotopic (exact) mass is 247 g/mol. The van der Waals surface area contributed by atoms with Crippen LogP contribution in [-0.2, 0) is 6.54 Å². The third-order valence-corrected chi connectivity index (χ3v) is 2.01. The molecule has 2 heterocycles. The number of rotatable bonds is 2. The summed E-state index contributed by atoms with van der Waals surface area (Å²) >= 11 is 0. The summed E-state index contributed by atoms with van der Waals surface area (Å²) in [4.78, 5) is 4.44. The standard InChI is InChI=1S/C10H13N3.2ClH/c1-8-3-4-10-12-9(5-11-2)7-13(10)6-8;;/h3-4,6-7,11H,5H2,1-2H3;2*1H. The van der Waals surface area contributed by atoms with Gasteiger partial charge in [-0.2, -0.15) is 0 Å². The minimum Gasteiger partial charge on any atom is -0.314 e. The van der Waals surface area contributed by atoms with E-state index in [0.29, 0.717) is 0 Å². The summed E-state index contributed by atoms with van der Waals surface area (Å²) in [5, 5.41) is 3.08. The molecule has 84 valence electrons. The molecule has 0 fully saturated rings. The molecule has 0 aliphatic rings. The van der Waals surface area contributed by atoms with Crippen LogP contribution < -0.4 is 5.32 Å². The third-order valence-electron chi connectivity index (χ3n) is 2.01. The summed E-state index contributed by atoms with van der Waals surface area (Å²) in [6.45, 7) is 2.90. The van der Waals surface area contributed by atoms with Crippen LogP contribution in [0.5, 0.6) is 0 Å². The summed E-state index contributed by atoms with van der Waals surface area (Å²) in [5.41, 5.74) is 3.34. The maximum absolute atomic E-state index is 4.44. The number of hydrogen-bond donors (Lipinski definition) is 1. The fourth-order valence-corrected chi connectivity index (χ4v) is 1.42. The maximum Gasteiger partial charge on any atom is 0.137 e. The van der Waals surface area contributed by atoms with Gasteiger partial charge in [-0.1, -0.05) is 6.07 Å². The Morgan fingerprint density at radius 1 is 1.27 bits per heavy atom. The predicted octanol–water partition coefficient (Wildman–Crippen LogP) is 2.21. The Kier molecular flexibility index (Phi) is 5.65. The second kappa shape index (κ2) is 5.95. The van der Waals surface area contributed by atoms with Crippen LogP contribution in [0.15, 0.2) is 24.5 Å². The summed E-state index contributed by atoms with van der Waals surface area (Å²) in [7, 11) is 1.93. The lowest BCUT2D eigenvalue weighted by Gasteiger charge is -1.93. The van der Waals surface area contributed by atoms with Crippen LogP contribution in [-0.4, -0.2) is 16.4 Å². The van der Waals surface area contributed by atoms with Gasteiger partial charge in [-0.25, -0.2) is 4.98 Å². The summed E-state index contributed by atoms with van der Waals surface area (Å²) < 4.78 is 2.06. The van der Waals surface area contributed by atoms with E-state index in [-0.39, 0.29) is 24.8 Å². The zero-order valence-corrected chi connectivity index (χ0v) is 10.4. The molecule has 0 atom stereocenters. The molecular weight excluding hydrogens is 233 g/mol. The first-order valence-corrected chi connectivity index (χ1v) is 4.38. The van der Waals surface area contributed by atoms with Crippen LogP contribution >= 0.6 is 24.8 Å². The van der Waals surface area contributed by atoms with Gasteiger partial charge in [0.2, 0.25) is 0 Å². The van der Waals surface area contributed by atoms with E-state index < -0.39 is 0 Å². The van der Waals surface area contributed by atoms with Crippen molar-refractivity contribution in [2.24, 2.45) is 0 Å². The molecular formula is C10H15Cl2N3. The second-order valence-corrected chi connectivity index (χ2v) is 3.23. The summed E-state index contributed by atoms with van der Waals surface area (Å²) in [5.74, 6) is 0. The van der Waals surface area contributed by atoms with Crippen LogP contribution in [0.3, 0.4) is 0 Å². The lowest BCUT2D eigenvalue weighted by Crippen LogP contribution is -2.04. The number of imidazole rings is 1. The minimum atomic E-state index is 0. The Bertz CT molecular complexity index is 426. The molecule has 0 radical (unpaired) electrons. The summed E-state index contributed by atoms with van der Waals surface area (Å²) in [6, 6.07) is 4.11. The van der Waals surface area contributed by atoms with Gasteiger partial charge < -0.3 is 9.72 Å². The van der Waals surface area contributed by atoms with Gasteiger partial charge >= 0.3 is 0 Å². The van der Waals surface area contributed by atoms with Gasteiger partial charge in [0.15, 0.2) is 0 Å². The zero-order chi connectivity index (χ0) is 9.26. The van der Waals surface area contributed by atoms with E-state index in [1.165, 1.54) is 5.56 Å². The summed E-state index contributed by atoms with van der Waals surface area (Å²) in [6.07, 6.45) is 4.14. The van der Waals surface area contributed by atoms with Crippen molar-refractivity contribution >= 4 is 30.5 Å². The van der Waals surface area contributed by atoms with Gasteiger partial charge in [-0.3, -0.25) is 0 Å². The van der Waals surface area contributed by atoms with Crippen LogP contribution in [0.25, 0.3) is 5.65 Å². The number of aromatic nitrogens is 2. The average molecular weight is 248 g/mol. The Hall–Kier alpha value is -0.770. The van der Waals surface area contributed by atoms with E-state index >= 15 is 0 Å². The molecule has 0 aromatic carbocycles. The van der Waals surface area contributed by atoms with E-state index in [1.54, 1.807) is 0 Å². The number of fused-ring (bicyclic) bond motifs is 1. The predicted molar refractivity (Wildman–Crippen MR) is 67.2 cm³/mol. The number of halogens is 2. The van der Waals surface area contributed by atoms with E-state index in [9.17, 15) is 0 Å². The topological polar surface area (TPSA) is 29.3 Å². The fourth-order valence-electron chi connectivity index (χ4n) is 1.42.